The van der Waals surface area contributed by atoms with E-state index in [0.29, 0.717) is 11.8 Å². The highest BCUT2D eigenvalue weighted by Crippen LogP contribution is 2.23. The Hall–Kier alpha value is -2.62. The number of halogens is 1. The van der Waals surface area contributed by atoms with Crippen LogP contribution in [-0.2, 0) is 0 Å². The molecule has 23 heavy (non-hydrogen) atoms. The molecule has 0 aliphatic rings. The van der Waals surface area contributed by atoms with Crippen LogP contribution in [-0.4, -0.2) is 24.5 Å². The van der Waals surface area contributed by atoms with Crippen LogP contribution in [0, 0.1) is 5.82 Å². The molecule has 0 fully saturated rings. The van der Waals surface area contributed by atoms with Gasteiger partial charge in [-0.25, -0.2) is 4.39 Å². The molecule has 0 radical (unpaired) electrons. The lowest BCUT2D eigenvalue weighted by molar-refractivity contribution is 0.112. The smallest absolute Gasteiger partial charge is 0.166 e. The number of carbonyl (C=O) groups is 1. The number of anilines is 1. The van der Waals surface area contributed by atoms with Crippen molar-refractivity contribution in [1.82, 2.24) is 0 Å². The number of nitrogens with zero attached hydrogens (tertiary/aromatic N) is 1. The molecule has 0 bridgehead atoms. The molecule has 0 spiro atoms. The molecule has 1 N–H and O–H groups in total. The third-order valence-electron chi connectivity index (χ3n) is 3.73. The molecular weight excluding hydrogens is 293 g/mol. The summed E-state index contributed by atoms with van der Waals surface area (Å²) in [7, 11) is 0. The first-order chi connectivity index (χ1) is 11.1. The summed E-state index contributed by atoms with van der Waals surface area (Å²) in [6.07, 6.45) is 3.99. The zero-order valence-corrected chi connectivity index (χ0v) is 13.3. The molecule has 2 rings (SSSR count). The van der Waals surface area contributed by atoms with E-state index in [2.05, 4.69) is 18.7 Å². The number of phenolic OH excluding ortho intramolecular Hbond substituents is 1. The van der Waals surface area contributed by atoms with E-state index in [1.165, 1.54) is 12.1 Å². The van der Waals surface area contributed by atoms with Gasteiger partial charge in [0.15, 0.2) is 17.9 Å². The summed E-state index contributed by atoms with van der Waals surface area (Å²) in [6.45, 7) is 6.13. The fraction of sp³-hybridized carbons (Fsp3) is 0.211. The minimum absolute atomic E-state index is 0.0541. The van der Waals surface area contributed by atoms with Crippen molar-refractivity contribution >= 4 is 24.1 Å². The molecule has 4 heteroatoms. The average molecular weight is 313 g/mol. The van der Waals surface area contributed by atoms with Gasteiger partial charge in [-0.2, -0.15) is 0 Å². The van der Waals surface area contributed by atoms with Crippen molar-refractivity contribution in [3.05, 3.63) is 58.9 Å². The van der Waals surface area contributed by atoms with Crippen molar-refractivity contribution in [3.8, 4) is 5.75 Å². The maximum Gasteiger partial charge on any atom is 0.166 e. The van der Waals surface area contributed by atoms with E-state index in [4.69, 9.17) is 0 Å². The first kappa shape index (κ1) is 16.7. The summed E-state index contributed by atoms with van der Waals surface area (Å²) in [5.74, 6) is -1.41. The quantitative estimate of drug-likeness (QED) is 0.636. The third-order valence-corrected chi connectivity index (χ3v) is 3.73. The normalized spacial score (nSPS) is 10.9. The number of hydrogen-bond acceptors (Lipinski definition) is 3. The van der Waals surface area contributed by atoms with Crippen LogP contribution in [0.25, 0.3) is 12.2 Å². The van der Waals surface area contributed by atoms with Gasteiger partial charge in [0.1, 0.15) is 0 Å². The van der Waals surface area contributed by atoms with Gasteiger partial charge in [-0.05, 0) is 49.2 Å². The minimum Gasteiger partial charge on any atom is -0.504 e. The molecule has 2 aromatic carbocycles. The fourth-order valence-corrected chi connectivity index (χ4v) is 2.41. The van der Waals surface area contributed by atoms with Crippen LogP contribution >= 0.6 is 0 Å². The van der Waals surface area contributed by atoms with Crippen molar-refractivity contribution in [1.29, 1.82) is 0 Å². The molecule has 120 valence electrons. The van der Waals surface area contributed by atoms with E-state index in [0.717, 1.165) is 24.3 Å². The topological polar surface area (TPSA) is 40.5 Å². The second-order valence-corrected chi connectivity index (χ2v) is 5.16. The number of hydrogen-bond donors (Lipinski definition) is 1. The van der Waals surface area contributed by atoms with Gasteiger partial charge in [0.05, 0.1) is 5.56 Å². The zero-order chi connectivity index (χ0) is 16.8. The lowest BCUT2D eigenvalue weighted by Gasteiger charge is -2.20. The molecule has 0 saturated heterocycles. The first-order valence-corrected chi connectivity index (χ1v) is 7.59. The summed E-state index contributed by atoms with van der Waals surface area (Å²) in [6, 6.07) is 10.7. The number of aromatic hydroxyl groups is 1. The number of aldehydes is 1. The van der Waals surface area contributed by atoms with Crippen LogP contribution in [0.3, 0.4) is 0 Å². The summed E-state index contributed by atoms with van der Waals surface area (Å²) in [5, 5.41) is 9.40. The second kappa shape index (κ2) is 7.58. The molecule has 0 aliphatic carbocycles. The molecule has 0 amide bonds. The monoisotopic (exact) mass is 313 g/mol. The van der Waals surface area contributed by atoms with Crippen LogP contribution in [0.15, 0.2) is 36.4 Å². The largest absolute Gasteiger partial charge is 0.504 e. The number of benzene rings is 2. The zero-order valence-electron chi connectivity index (χ0n) is 13.3. The van der Waals surface area contributed by atoms with Crippen LogP contribution in [0.1, 0.15) is 35.3 Å². The van der Waals surface area contributed by atoms with E-state index in [1.54, 1.807) is 6.08 Å². The standard InChI is InChI=1S/C19H20FNO2/c1-3-21(4-2)17-9-7-14(8-10-17)5-6-15-11-16(13-22)19(23)18(20)12-15/h5-13,23H,3-4H2,1-2H3/b6-5+. The summed E-state index contributed by atoms with van der Waals surface area (Å²) in [5.41, 5.74) is 2.60. The SMILES string of the molecule is CCN(CC)c1ccc(/C=C/c2cc(F)c(O)c(C=O)c2)cc1. The summed E-state index contributed by atoms with van der Waals surface area (Å²) in [4.78, 5) is 13.1. The van der Waals surface area contributed by atoms with E-state index in [9.17, 15) is 14.3 Å². The van der Waals surface area contributed by atoms with Crippen molar-refractivity contribution in [3.63, 3.8) is 0 Å². The number of rotatable bonds is 6. The first-order valence-electron chi connectivity index (χ1n) is 7.59. The fourth-order valence-electron chi connectivity index (χ4n) is 2.41. The highest BCUT2D eigenvalue weighted by Gasteiger charge is 2.07. The maximum absolute atomic E-state index is 13.5. The van der Waals surface area contributed by atoms with Crippen molar-refractivity contribution in [2.45, 2.75) is 13.8 Å². The molecule has 0 atom stereocenters. The Morgan fingerprint density at radius 2 is 1.65 bits per heavy atom. The Morgan fingerprint density at radius 3 is 2.22 bits per heavy atom. The molecule has 0 unspecified atom stereocenters. The van der Waals surface area contributed by atoms with Crippen LogP contribution in [0.5, 0.6) is 5.75 Å². The van der Waals surface area contributed by atoms with Gasteiger partial charge in [-0.3, -0.25) is 4.79 Å². The average Bonchev–Trinajstić information content (AvgIpc) is 2.58. The Morgan fingerprint density at radius 1 is 1.04 bits per heavy atom. The Labute approximate surface area is 135 Å². The number of carbonyl (C=O) groups excluding carboxylic acids is 1. The molecule has 0 heterocycles. The third kappa shape index (κ3) is 3.97. The van der Waals surface area contributed by atoms with E-state index < -0.39 is 11.6 Å². The Balaban J connectivity index is 2.20. The molecular formula is C19H20FNO2. The van der Waals surface area contributed by atoms with Gasteiger partial charge in [0.2, 0.25) is 0 Å². The molecule has 0 aromatic heterocycles. The van der Waals surface area contributed by atoms with Crippen LogP contribution in [0.2, 0.25) is 0 Å². The number of phenols is 1. The lowest BCUT2D eigenvalue weighted by Crippen LogP contribution is -2.21. The molecule has 0 aliphatic heterocycles. The summed E-state index contributed by atoms with van der Waals surface area (Å²) < 4.78 is 13.5. The van der Waals surface area contributed by atoms with E-state index in [-0.39, 0.29) is 5.56 Å². The highest BCUT2D eigenvalue weighted by atomic mass is 19.1. The molecule has 0 saturated carbocycles. The minimum atomic E-state index is -0.800. The summed E-state index contributed by atoms with van der Waals surface area (Å²) >= 11 is 0. The van der Waals surface area contributed by atoms with Gasteiger partial charge in [0.25, 0.3) is 0 Å². The second-order valence-electron chi connectivity index (χ2n) is 5.16. The van der Waals surface area contributed by atoms with Crippen molar-refractivity contribution in [2.24, 2.45) is 0 Å². The molecule has 2 aromatic rings. The highest BCUT2D eigenvalue weighted by molar-refractivity contribution is 5.82. The van der Waals surface area contributed by atoms with Gasteiger partial charge < -0.3 is 10.0 Å². The van der Waals surface area contributed by atoms with Gasteiger partial charge in [-0.15, -0.1) is 0 Å². The molecule has 3 nitrogen and oxygen atoms in total. The van der Waals surface area contributed by atoms with Crippen LogP contribution < -0.4 is 4.90 Å². The lowest BCUT2D eigenvalue weighted by atomic mass is 10.1. The maximum atomic E-state index is 13.5. The van der Waals surface area contributed by atoms with Crippen molar-refractivity contribution < 1.29 is 14.3 Å². The predicted octanol–water partition coefficient (Wildman–Crippen LogP) is 4.36. The van der Waals surface area contributed by atoms with Gasteiger partial charge in [0, 0.05) is 18.8 Å². The Kier molecular flexibility index (Phi) is 5.52. The van der Waals surface area contributed by atoms with Gasteiger partial charge in [-0.1, -0.05) is 24.3 Å². The van der Waals surface area contributed by atoms with E-state index in [1.807, 2.05) is 30.3 Å². The Bertz CT molecular complexity index is 704. The van der Waals surface area contributed by atoms with Crippen LogP contribution in [0.4, 0.5) is 10.1 Å². The van der Waals surface area contributed by atoms with Gasteiger partial charge >= 0.3 is 0 Å². The predicted molar refractivity (Wildman–Crippen MR) is 92.4 cm³/mol. The van der Waals surface area contributed by atoms with E-state index >= 15 is 0 Å². The van der Waals surface area contributed by atoms with Crippen molar-refractivity contribution in [2.75, 3.05) is 18.0 Å².